The van der Waals surface area contributed by atoms with Crippen molar-refractivity contribution in [2.75, 3.05) is 0 Å². The Balaban J connectivity index is -0.0000000800. The van der Waals surface area contributed by atoms with Crippen molar-refractivity contribution in [3.8, 4) is 0 Å². The molecule has 7 heavy (non-hydrogen) atoms. The fraction of sp³-hybridized carbons (Fsp3) is 0. The zero-order chi connectivity index (χ0) is 4.50. The van der Waals surface area contributed by atoms with Crippen LogP contribution >= 0.6 is 0 Å². The summed E-state index contributed by atoms with van der Waals surface area (Å²) in [7, 11) is -5.17. The van der Waals surface area contributed by atoms with Gasteiger partial charge in [0.1, 0.15) is 0 Å². The van der Waals surface area contributed by atoms with Crippen molar-refractivity contribution in [1.29, 1.82) is 0 Å². The first kappa shape index (κ1) is 15.7. The van der Waals surface area contributed by atoms with Gasteiger partial charge in [-0.05, 0) is 0 Å². The summed E-state index contributed by atoms with van der Waals surface area (Å²) < 4.78 is 34.1. The quantitative estimate of drug-likeness (QED) is 0.446. The number of hydrogen-bond acceptors (Lipinski definition) is 4. The Labute approximate surface area is 65.0 Å². The molecule has 0 rings (SSSR count). The van der Waals surface area contributed by atoms with Gasteiger partial charge in [0.25, 0.3) is 0 Å². The van der Waals surface area contributed by atoms with Crippen molar-refractivity contribution in [2.45, 2.75) is 0 Å². The molecule has 44 valence electrons. The molecule has 0 atom stereocenters. The fourth-order valence-electron chi connectivity index (χ4n) is 0. The summed E-state index contributed by atoms with van der Waals surface area (Å²) in [4.78, 5) is 0. The Kier molecular flexibility index (Phi) is 11.2. The van der Waals surface area contributed by atoms with E-state index in [1.54, 1.807) is 0 Å². The molecule has 0 aromatic rings. The minimum atomic E-state index is -5.17. The van der Waals surface area contributed by atoms with Crippen LogP contribution in [-0.4, -0.2) is 17.5 Å². The van der Waals surface area contributed by atoms with E-state index in [4.69, 9.17) is 17.5 Å². The van der Waals surface area contributed by atoms with Gasteiger partial charge < -0.3 is 15.3 Å². The summed E-state index contributed by atoms with van der Waals surface area (Å²) in [6.07, 6.45) is 0. The van der Waals surface area contributed by atoms with Gasteiger partial charge in [-0.15, -0.1) is 0 Å². The van der Waals surface area contributed by atoms with E-state index in [1.165, 1.54) is 0 Å². The summed E-state index contributed by atoms with van der Waals surface area (Å²) >= 11 is 0. The Morgan fingerprint density at radius 2 is 1.14 bits per heavy atom. The predicted octanol–water partition coefficient (Wildman–Crippen LogP) is -0.962. The standard InChI is InChI=1S/H3N.H2O4S.U/c;1-5(2,3)4;/h1H3;(H2,1,2,3,4);/p-1. The van der Waals surface area contributed by atoms with Crippen molar-refractivity contribution in [3.63, 3.8) is 0 Å². The fourth-order valence-corrected chi connectivity index (χ4v) is 0. The second-order valence-corrected chi connectivity index (χ2v) is 1.22. The van der Waals surface area contributed by atoms with Crippen LogP contribution in [0.15, 0.2) is 0 Å². The molecule has 4 N–H and O–H groups in total. The van der Waals surface area contributed by atoms with Crippen molar-refractivity contribution in [3.05, 3.63) is 0 Å². The summed E-state index contributed by atoms with van der Waals surface area (Å²) in [6, 6.07) is 0. The molecule has 0 aromatic carbocycles. The Morgan fingerprint density at radius 1 is 1.14 bits per heavy atom. The molecule has 5 nitrogen and oxygen atoms in total. The molecule has 0 aliphatic heterocycles. The smallest absolute Gasteiger partial charge is 0.0311 e. The van der Waals surface area contributed by atoms with E-state index in [0.29, 0.717) is 0 Å². The van der Waals surface area contributed by atoms with Gasteiger partial charge in [0.2, 0.25) is 0 Å². The molecule has 0 heterocycles. The van der Waals surface area contributed by atoms with E-state index >= 15 is 0 Å². The summed E-state index contributed by atoms with van der Waals surface area (Å²) in [5, 5.41) is 0. The van der Waals surface area contributed by atoms with Gasteiger partial charge in [-0.2, -0.15) is 0 Å². The Morgan fingerprint density at radius 3 is 1.14 bits per heavy atom. The van der Waals surface area contributed by atoms with E-state index < -0.39 is 10.4 Å². The molecule has 0 bridgehead atoms. The van der Waals surface area contributed by atoms with Crippen LogP contribution in [0.1, 0.15) is 0 Å². The normalized spacial score (nSPS) is 8.29. The number of hydrogen-bond donors (Lipinski definition) is 1. The first-order valence-corrected chi connectivity index (χ1v) is 2.00. The van der Waals surface area contributed by atoms with E-state index in [1.807, 2.05) is 0 Å². The molecule has 0 spiro atoms. The zero-order valence-electron chi connectivity index (χ0n) is 3.54. The molecular formula is H4NO4SU-. The van der Waals surface area contributed by atoms with E-state index in [2.05, 4.69) is 0 Å². The molecule has 0 aliphatic carbocycles. The molecule has 0 aliphatic rings. The van der Waals surface area contributed by atoms with Crippen LogP contribution in [0, 0.1) is 31.1 Å². The van der Waals surface area contributed by atoms with Crippen LogP contribution < -0.4 is 6.15 Å². The molecule has 0 saturated heterocycles. The van der Waals surface area contributed by atoms with Crippen molar-refractivity contribution < 1.29 is 48.6 Å². The second kappa shape index (κ2) is 5.03. The van der Waals surface area contributed by atoms with Crippen molar-refractivity contribution in [2.24, 2.45) is 0 Å². The third-order valence-corrected chi connectivity index (χ3v) is 0. The first-order valence-electron chi connectivity index (χ1n) is 0.667. The van der Waals surface area contributed by atoms with E-state index in [9.17, 15) is 0 Å². The van der Waals surface area contributed by atoms with Crippen LogP contribution in [-0.2, 0) is 10.4 Å². The minimum Gasteiger partial charge on any atom is -0.759 e. The zero-order valence-corrected chi connectivity index (χ0v) is 8.52. The average molecular weight is 352 g/mol. The van der Waals surface area contributed by atoms with E-state index in [-0.39, 0.29) is 37.3 Å². The van der Waals surface area contributed by atoms with Gasteiger partial charge in [-0.1, -0.05) is 0 Å². The maximum atomic E-state index is 8.52. The van der Waals surface area contributed by atoms with Gasteiger partial charge in [0.05, 0.1) is 0 Å². The molecule has 7 heteroatoms. The minimum absolute atomic E-state index is 0. The molecule has 0 amide bonds. The van der Waals surface area contributed by atoms with Crippen LogP contribution in [0.3, 0.4) is 0 Å². The maximum absolute atomic E-state index is 8.52. The molecule has 0 saturated carbocycles. The van der Waals surface area contributed by atoms with Crippen LogP contribution in [0.4, 0.5) is 0 Å². The average Bonchev–Trinajstić information content (AvgIpc) is 0.722. The van der Waals surface area contributed by atoms with Crippen molar-refractivity contribution >= 4 is 10.4 Å². The monoisotopic (exact) mass is 352 g/mol. The topological polar surface area (TPSA) is 117 Å². The summed E-state index contributed by atoms with van der Waals surface area (Å²) in [5.41, 5.74) is 0. The third kappa shape index (κ3) is 211. The largest absolute Gasteiger partial charge is 0.759 e. The molecule has 0 unspecified atom stereocenters. The van der Waals surface area contributed by atoms with E-state index in [0.717, 1.165) is 0 Å². The van der Waals surface area contributed by atoms with Gasteiger partial charge in [-0.25, -0.2) is 0 Å². The van der Waals surface area contributed by atoms with Gasteiger partial charge >= 0.3 is 0 Å². The molecular weight excluding hydrogens is 348 g/mol. The molecule has 0 radical (unpaired) electrons. The number of rotatable bonds is 0. The maximum Gasteiger partial charge on any atom is 0.0311 e. The Hall–Kier alpha value is 0.882. The number of quaternary nitrogens is 1. The summed E-state index contributed by atoms with van der Waals surface area (Å²) in [6.45, 7) is 0. The summed E-state index contributed by atoms with van der Waals surface area (Å²) in [5.74, 6) is 0. The van der Waals surface area contributed by atoms with Crippen LogP contribution in [0.5, 0.6) is 0 Å². The van der Waals surface area contributed by atoms with Gasteiger partial charge in [0, 0.05) is 41.5 Å². The van der Waals surface area contributed by atoms with Crippen LogP contribution in [0.25, 0.3) is 0 Å². The molecule has 0 aromatic heterocycles. The van der Waals surface area contributed by atoms with Crippen molar-refractivity contribution in [1.82, 2.24) is 6.15 Å². The van der Waals surface area contributed by atoms with Gasteiger partial charge in [-0.3, -0.25) is 8.42 Å². The SMILES string of the molecule is O=S(=O)([O-])[O-].[NH4+].[U]. The Bertz CT molecular complexity index is 94.9. The first-order chi connectivity index (χ1) is 2.00. The predicted molar refractivity (Wildman–Crippen MR) is 16.5 cm³/mol. The van der Waals surface area contributed by atoms with Crippen LogP contribution in [0.2, 0.25) is 0 Å². The van der Waals surface area contributed by atoms with Gasteiger partial charge in [0.15, 0.2) is 0 Å². The molecule has 0 fully saturated rings. The second-order valence-electron chi connectivity index (χ2n) is 0.408. The third-order valence-electron chi connectivity index (χ3n) is 0.